The lowest BCUT2D eigenvalue weighted by Crippen LogP contribution is -2.41. The first-order valence-electron chi connectivity index (χ1n) is 12.0. The molecule has 0 radical (unpaired) electrons. The van der Waals surface area contributed by atoms with Crippen LogP contribution in [0.15, 0.2) is 34.1 Å². The van der Waals surface area contributed by atoms with Crippen molar-refractivity contribution in [2.45, 2.75) is 27.3 Å². The zero-order valence-electron chi connectivity index (χ0n) is 21.2. The molecule has 1 amide bonds. The summed E-state index contributed by atoms with van der Waals surface area (Å²) < 4.78 is 10.5. The third kappa shape index (κ3) is 4.65. The Balaban J connectivity index is 1.73. The largest absolute Gasteiger partial charge is 0.492 e. The molecule has 11 nitrogen and oxygen atoms in total. The molecule has 4 rings (SSSR count). The van der Waals surface area contributed by atoms with E-state index in [1.54, 1.807) is 11.9 Å². The molecular weight excluding hydrogens is 482 g/mol. The van der Waals surface area contributed by atoms with Crippen LogP contribution in [-0.4, -0.2) is 67.3 Å². The predicted molar refractivity (Wildman–Crippen MR) is 141 cm³/mol. The second-order valence-corrected chi connectivity index (χ2v) is 9.36. The maximum absolute atomic E-state index is 13.7. The second-order valence-electron chi connectivity index (χ2n) is 8.36. The number of fused-ring (bicyclic) bond motifs is 2. The van der Waals surface area contributed by atoms with E-state index in [1.807, 2.05) is 25.1 Å². The van der Waals surface area contributed by atoms with Gasteiger partial charge in [0.2, 0.25) is 5.91 Å². The molecule has 0 aliphatic rings. The van der Waals surface area contributed by atoms with Crippen LogP contribution >= 0.6 is 11.3 Å². The van der Waals surface area contributed by atoms with Crippen molar-refractivity contribution in [2.24, 2.45) is 14.1 Å². The number of aromatic nitrogens is 5. The molecule has 4 aromatic rings. The predicted octanol–water partition coefficient (Wildman–Crippen LogP) is 1.82. The fourth-order valence-corrected chi connectivity index (χ4v) is 5.18. The molecule has 0 fully saturated rings. The van der Waals surface area contributed by atoms with Gasteiger partial charge in [0.15, 0.2) is 16.3 Å². The van der Waals surface area contributed by atoms with Crippen LogP contribution in [0.3, 0.4) is 0 Å². The van der Waals surface area contributed by atoms with E-state index in [-0.39, 0.29) is 23.6 Å². The van der Waals surface area contributed by atoms with E-state index in [0.29, 0.717) is 30.6 Å². The Kier molecular flexibility index (Phi) is 7.55. The molecule has 0 N–H and O–H groups in total. The monoisotopic (exact) mass is 513 g/mol. The molecule has 12 heteroatoms. The summed E-state index contributed by atoms with van der Waals surface area (Å²) in [5.41, 5.74) is 0.211. The summed E-state index contributed by atoms with van der Waals surface area (Å²) >= 11 is 1.43. The molecule has 0 spiro atoms. The highest BCUT2D eigenvalue weighted by molar-refractivity contribution is 7.22. The van der Waals surface area contributed by atoms with Crippen molar-refractivity contribution in [3.63, 3.8) is 0 Å². The first-order chi connectivity index (χ1) is 17.3. The van der Waals surface area contributed by atoms with Crippen molar-refractivity contribution in [1.82, 2.24) is 28.6 Å². The average molecular weight is 514 g/mol. The van der Waals surface area contributed by atoms with Crippen LogP contribution in [0, 0.1) is 0 Å². The number of nitrogens with zero attached hydrogens (tertiary/aromatic N) is 7. The van der Waals surface area contributed by atoms with Gasteiger partial charge in [0.25, 0.3) is 5.56 Å². The van der Waals surface area contributed by atoms with Crippen molar-refractivity contribution < 1.29 is 9.53 Å². The summed E-state index contributed by atoms with van der Waals surface area (Å²) in [6, 6.07) is 5.74. The zero-order valence-corrected chi connectivity index (χ0v) is 22.0. The molecule has 0 aliphatic carbocycles. The Bertz CT molecular complexity index is 1510. The molecular formula is C24H31N7O4S. The fraction of sp³-hybridized carbons (Fsp3) is 0.458. The van der Waals surface area contributed by atoms with Crippen LogP contribution in [0.4, 0.5) is 5.13 Å². The summed E-state index contributed by atoms with van der Waals surface area (Å²) in [6.45, 7) is 9.33. The van der Waals surface area contributed by atoms with Gasteiger partial charge in [-0.1, -0.05) is 31.3 Å². The Morgan fingerprint density at radius 2 is 1.83 bits per heavy atom. The van der Waals surface area contributed by atoms with E-state index >= 15 is 0 Å². The van der Waals surface area contributed by atoms with Crippen LogP contribution in [0.25, 0.3) is 21.4 Å². The van der Waals surface area contributed by atoms with Crippen molar-refractivity contribution in [3.05, 3.63) is 45.4 Å². The van der Waals surface area contributed by atoms with Gasteiger partial charge in [0, 0.05) is 27.2 Å². The molecule has 0 saturated carbocycles. The number of para-hydroxylation sites is 1. The minimum Gasteiger partial charge on any atom is -0.492 e. The van der Waals surface area contributed by atoms with Gasteiger partial charge in [0.1, 0.15) is 17.8 Å². The van der Waals surface area contributed by atoms with E-state index in [4.69, 9.17) is 9.72 Å². The van der Waals surface area contributed by atoms with E-state index < -0.39 is 11.2 Å². The van der Waals surface area contributed by atoms with E-state index in [2.05, 4.69) is 23.7 Å². The first-order valence-corrected chi connectivity index (χ1v) is 12.8. The maximum Gasteiger partial charge on any atom is 0.332 e. The van der Waals surface area contributed by atoms with Gasteiger partial charge >= 0.3 is 5.69 Å². The molecule has 3 aromatic heterocycles. The van der Waals surface area contributed by atoms with Crippen molar-refractivity contribution in [3.8, 4) is 5.75 Å². The van der Waals surface area contributed by atoms with E-state index in [1.165, 1.54) is 33.8 Å². The Morgan fingerprint density at radius 1 is 1.08 bits per heavy atom. The molecule has 0 aliphatic heterocycles. The molecule has 36 heavy (non-hydrogen) atoms. The summed E-state index contributed by atoms with van der Waals surface area (Å²) in [7, 11) is 2.97. The summed E-state index contributed by atoms with van der Waals surface area (Å²) in [5.74, 6) is 0.452. The third-order valence-electron chi connectivity index (χ3n) is 6.26. The van der Waals surface area contributed by atoms with Gasteiger partial charge in [-0.25, -0.2) is 14.8 Å². The van der Waals surface area contributed by atoms with Crippen LogP contribution in [0.2, 0.25) is 0 Å². The SMILES string of the molecule is CCOc1cccc2sc(N(CCN(CC)CC)C(=O)Cn3cnc4c3c(=O)n(C)c(=O)n4C)nc12. The minimum atomic E-state index is -0.491. The minimum absolute atomic E-state index is 0.115. The molecule has 0 bridgehead atoms. The number of thiazole rings is 1. The highest BCUT2D eigenvalue weighted by Gasteiger charge is 2.24. The highest BCUT2D eigenvalue weighted by Crippen LogP contribution is 2.34. The number of carbonyl (C=O) groups is 1. The average Bonchev–Trinajstić information content (AvgIpc) is 3.49. The number of hydrogen-bond donors (Lipinski definition) is 0. The zero-order chi connectivity index (χ0) is 26.0. The highest BCUT2D eigenvalue weighted by atomic mass is 32.1. The number of imidazole rings is 1. The van der Waals surface area contributed by atoms with E-state index in [9.17, 15) is 14.4 Å². The lowest BCUT2D eigenvalue weighted by atomic mass is 10.3. The van der Waals surface area contributed by atoms with Gasteiger partial charge in [-0.05, 0) is 32.1 Å². The van der Waals surface area contributed by atoms with Crippen molar-refractivity contribution in [2.75, 3.05) is 37.7 Å². The number of carbonyl (C=O) groups excluding carboxylic acids is 1. The van der Waals surface area contributed by atoms with Crippen LogP contribution in [0.1, 0.15) is 20.8 Å². The van der Waals surface area contributed by atoms with Crippen molar-refractivity contribution in [1.29, 1.82) is 0 Å². The lowest BCUT2D eigenvalue weighted by Gasteiger charge is -2.25. The van der Waals surface area contributed by atoms with Gasteiger partial charge in [-0.3, -0.25) is 23.6 Å². The van der Waals surface area contributed by atoms with Gasteiger partial charge in [-0.2, -0.15) is 0 Å². The van der Waals surface area contributed by atoms with Gasteiger partial charge in [0.05, 0.1) is 17.6 Å². The number of rotatable bonds is 10. The number of hydrogen-bond acceptors (Lipinski definition) is 8. The molecule has 0 unspecified atom stereocenters. The molecule has 3 heterocycles. The van der Waals surface area contributed by atoms with E-state index in [0.717, 1.165) is 27.9 Å². The van der Waals surface area contributed by atoms with Gasteiger partial charge < -0.3 is 14.2 Å². The quantitative estimate of drug-likeness (QED) is 0.318. The third-order valence-corrected chi connectivity index (χ3v) is 7.30. The summed E-state index contributed by atoms with van der Waals surface area (Å²) in [6.07, 6.45) is 1.43. The van der Waals surface area contributed by atoms with Crippen LogP contribution in [0.5, 0.6) is 5.75 Å². The standard InChI is InChI=1S/C24H31N7O4S/c1-6-29(7-2)12-13-31(23-26-19-16(35-8-3)10-9-11-17(19)36-23)18(32)14-30-15-25-21-20(30)22(33)28(5)24(34)27(21)4/h9-11,15H,6-8,12-14H2,1-5H3. The topological polar surface area (TPSA) is 107 Å². The lowest BCUT2D eigenvalue weighted by molar-refractivity contribution is -0.119. The van der Waals surface area contributed by atoms with Crippen LogP contribution in [-0.2, 0) is 25.4 Å². The molecule has 192 valence electrons. The Morgan fingerprint density at radius 3 is 2.53 bits per heavy atom. The number of anilines is 1. The number of aryl methyl sites for hydroxylation is 1. The first kappa shape index (κ1) is 25.6. The smallest absolute Gasteiger partial charge is 0.332 e. The fourth-order valence-electron chi connectivity index (χ4n) is 4.16. The van der Waals surface area contributed by atoms with Gasteiger partial charge in [-0.15, -0.1) is 0 Å². The molecule has 1 aromatic carbocycles. The normalized spacial score (nSPS) is 11.6. The summed E-state index contributed by atoms with van der Waals surface area (Å²) in [4.78, 5) is 51.7. The number of likely N-dealkylation sites (N-methyl/N-ethyl adjacent to an activating group) is 1. The molecule has 0 atom stereocenters. The summed E-state index contributed by atoms with van der Waals surface area (Å²) in [5, 5.41) is 0.569. The van der Waals surface area contributed by atoms with Crippen molar-refractivity contribution >= 4 is 43.8 Å². The maximum atomic E-state index is 13.7. The Hall–Kier alpha value is -3.51. The number of amides is 1. The number of benzene rings is 1. The molecule has 0 saturated heterocycles. The van der Waals surface area contributed by atoms with Crippen LogP contribution < -0.4 is 20.9 Å². The number of ether oxygens (including phenoxy) is 1. The Labute approximate surface area is 212 Å². The second kappa shape index (κ2) is 10.6.